The molecule has 18 heavy (non-hydrogen) atoms. The van der Waals surface area contributed by atoms with Crippen molar-refractivity contribution in [1.82, 2.24) is 15.1 Å². The Morgan fingerprint density at radius 2 is 2.33 bits per heavy atom. The number of nitrogens with two attached hydrogens (primary N) is 1. The zero-order valence-electron chi connectivity index (χ0n) is 11.1. The highest BCUT2D eigenvalue weighted by Gasteiger charge is 2.03. The highest BCUT2D eigenvalue weighted by Crippen LogP contribution is 2.00. The van der Waals surface area contributed by atoms with E-state index >= 15 is 0 Å². The van der Waals surface area contributed by atoms with Gasteiger partial charge in [0.2, 0.25) is 5.91 Å². The Balaban J connectivity index is 0.00000289. The largest absolute Gasteiger partial charge is 0.356 e. The fourth-order valence-corrected chi connectivity index (χ4v) is 1.57. The quantitative estimate of drug-likeness (QED) is 0.729. The van der Waals surface area contributed by atoms with Crippen LogP contribution in [0.25, 0.3) is 0 Å². The molecule has 104 valence electrons. The van der Waals surface area contributed by atoms with Crippen molar-refractivity contribution in [2.24, 2.45) is 12.8 Å². The molecule has 0 aliphatic rings. The normalized spacial score (nSPS) is 11.7. The van der Waals surface area contributed by atoms with E-state index in [4.69, 9.17) is 5.73 Å². The molecule has 6 heteroatoms. The molecule has 5 nitrogen and oxygen atoms in total. The van der Waals surface area contributed by atoms with Gasteiger partial charge in [0.1, 0.15) is 0 Å². The topological polar surface area (TPSA) is 72.9 Å². The molecule has 1 heterocycles. The van der Waals surface area contributed by atoms with Crippen LogP contribution < -0.4 is 11.1 Å². The second kappa shape index (κ2) is 8.94. The Kier molecular flexibility index (Phi) is 8.41. The lowest BCUT2D eigenvalue weighted by atomic mass is 10.2. The van der Waals surface area contributed by atoms with Crippen LogP contribution in [-0.2, 0) is 18.3 Å². The lowest BCUT2D eigenvalue weighted by Crippen LogP contribution is -2.26. The second-order valence-electron chi connectivity index (χ2n) is 4.49. The summed E-state index contributed by atoms with van der Waals surface area (Å²) in [5, 5.41) is 6.99. The van der Waals surface area contributed by atoms with Crippen LogP contribution in [0.3, 0.4) is 0 Å². The lowest BCUT2D eigenvalue weighted by molar-refractivity contribution is -0.121. The average molecular weight is 275 g/mol. The van der Waals surface area contributed by atoms with Gasteiger partial charge in [-0.2, -0.15) is 5.10 Å². The number of amides is 1. The monoisotopic (exact) mass is 274 g/mol. The van der Waals surface area contributed by atoms with Crippen LogP contribution in [0.5, 0.6) is 0 Å². The molecule has 3 N–H and O–H groups in total. The van der Waals surface area contributed by atoms with Crippen LogP contribution in [-0.4, -0.2) is 28.3 Å². The van der Waals surface area contributed by atoms with Gasteiger partial charge >= 0.3 is 0 Å². The molecule has 0 aliphatic heterocycles. The van der Waals surface area contributed by atoms with Gasteiger partial charge in [-0.15, -0.1) is 12.4 Å². The Labute approximate surface area is 115 Å². The molecule has 0 saturated carbocycles. The summed E-state index contributed by atoms with van der Waals surface area (Å²) in [5.41, 5.74) is 6.79. The number of halogens is 1. The number of nitrogens with one attached hydrogen (secondary N) is 1. The minimum atomic E-state index is 0. The molecule has 1 aromatic rings. The first kappa shape index (κ1) is 16.9. The standard InChI is InChI=1S/C12H22N4O.ClH/c1-10(13)5-6-12(17)14-7-3-4-11-8-15-16(2)9-11;/h8-10H,3-7,13H2,1-2H3,(H,14,17);1H. The summed E-state index contributed by atoms with van der Waals surface area (Å²) in [6.07, 6.45) is 7.01. The molecule has 1 unspecified atom stereocenters. The summed E-state index contributed by atoms with van der Waals surface area (Å²) in [5.74, 6) is 0.0912. The van der Waals surface area contributed by atoms with Gasteiger partial charge in [-0.25, -0.2) is 0 Å². The van der Waals surface area contributed by atoms with Gasteiger partial charge in [-0.3, -0.25) is 9.48 Å². The van der Waals surface area contributed by atoms with Crippen LogP contribution in [0.2, 0.25) is 0 Å². The van der Waals surface area contributed by atoms with Crippen molar-refractivity contribution in [3.05, 3.63) is 18.0 Å². The summed E-state index contributed by atoms with van der Waals surface area (Å²) in [4.78, 5) is 11.4. The first-order chi connectivity index (χ1) is 8.08. The maximum atomic E-state index is 11.4. The van der Waals surface area contributed by atoms with E-state index in [0.29, 0.717) is 13.0 Å². The summed E-state index contributed by atoms with van der Waals surface area (Å²) < 4.78 is 1.79. The third-order valence-corrected chi connectivity index (χ3v) is 2.55. The van der Waals surface area contributed by atoms with Gasteiger partial charge < -0.3 is 11.1 Å². The van der Waals surface area contributed by atoms with Crippen molar-refractivity contribution in [1.29, 1.82) is 0 Å². The third-order valence-electron chi connectivity index (χ3n) is 2.55. The summed E-state index contributed by atoms with van der Waals surface area (Å²) in [6.45, 7) is 2.63. The molecule has 0 fully saturated rings. The maximum Gasteiger partial charge on any atom is 0.220 e. The van der Waals surface area contributed by atoms with E-state index in [1.54, 1.807) is 4.68 Å². The van der Waals surface area contributed by atoms with E-state index < -0.39 is 0 Å². The van der Waals surface area contributed by atoms with Crippen LogP contribution in [0, 0.1) is 0 Å². The van der Waals surface area contributed by atoms with Crippen LogP contribution in [0.4, 0.5) is 0 Å². The number of aryl methyl sites for hydroxylation is 2. The van der Waals surface area contributed by atoms with Crippen molar-refractivity contribution in [3.8, 4) is 0 Å². The predicted molar refractivity (Wildman–Crippen MR) is 74.7 cm³/mol. The van der Waals surface area contributed by atoms with Crippen molar-refractivity contribution in [2.45, 2.75) is 38.6 Å². The van der Waals surface area contributed by atoms with E-state index in [1.807, 2.05) is 26.4 Å². The van der Waals surface area contributed by atoms with Crippen molar-refractivity contribution < 1.29 is 4.79 Å². The Bertz CT molecular complexity index is 352. The third kappa shape index (κ3) is 7.29. The molecule has 0 aliphatic carbocycles. The molecule has 1 atom stereocenters. The van der Waals surface area contributed by atoms with E-state index in [-0.39, 0.29) is 24.4 Å². The highest BCUT2D eigenvalue weighted by molar-refractivity contribution is 5.85. The molecule has 0 aromatic carbocycles. The molecule has 0 saturated heterocycles. The number of carbonyl (C=O) groups excluding carboxylic acids is 1. The number of nitrogens with zero attached hydrogens (tertiary/aromatic N) is 2. The van der Waals surface area contributed by atoms with Crippen molar-refractivity contribution in [2.75, 3.05) is 6.54 Å². The lowest BCUT2D eigenvalue weighted by Gasteiger charge is -2.06. The zero-order chi connectivity index (χ0) is 12.7. The van der Waals surface area contributed by atoms with Gasteiger partial charge in [0.25, 0.3) is 0 Å². The predicted octanol–water partition coefficient (Wildman–Crippen LogP) is 1.02. The number of aromatic nitrogens is 2. The number of hydrogen-bond acceptors (Lipinski definition) is 3. The Hall–Kier alpha value is -1.07. The summed E-state index contributed by atoms with van der Waals surface area (Å²) in [7, 11) is 1.90. The van der Waals surface area contributed by atoms with Gasteiger partial charge in [-0.1, -0.05) is 0 Å². The minimum absolute atomic E-state index is 0. The Morgan fingerprint density at radius 1 is 1.61 bits per heavy atom. The first-order valence-corrected chi connectivity index (χ1v) is 6.07. The van der Waals surface area contributed by atoms with E-state index in [2.05, 4.69) is 10.4 Å². The number of rotatable bonds is 7. The smallest absolute Gasteiger partial charge is 0.220 e. The average Bonchev–Trinajstić information content (AvgIpc) is 2.68. The molecule has 0 bridgehead atoms. The molecule has 1 aromatic heterocycles. The van der Waals surface area contributed by atoms with Crippen molar-refractivity contribution >= 4 is 18.3 Å². The highest BCUT2D eigenvalue weighted by atomic mass is 35.5. The fourth-order valence-electron chi connectivity index (χ4n) is 1.57. The fraction of sp³-hybridized carbons (Fsp3) is 0.667. The van der Waals surface area contributed by atoms with Gasteiger partial charge in [0.05, 0.1) is 6.20 Å². The SMILES string of the molecule is CC(N)CCC(=O)NCCCc1cnn(C)c1.Cl. The zero-order valence-corrected chi connectivity index (χ0v) is 11.9. The first-order valence-electron chi connectivity index (χ1n) is 6.07. The molecular weight excluding hydrogens is 252 g/mol. The molecule has 1 rings (SSSR count). The number of hydrogen-bond donors (Lipinski definition) is 2. The molecule has 1 amide bonds. The van der Waals surface area contributed by atoms with E-state index in [0.717, 1.165) is 19.3 Å². The summed E-state index contributed by atoms with van der Waals surface area (Å²) >= 11 is 0. The van der Waals surface area contributed by atoms with Crippen molar-refractivity contribution in [3.63, 3.8) is 0 Å². The Morgan fingerprint density at radius 3 is 2.89 bits per heavy atom. The van der Waals surface area contributed by atoms with Gasteiger partial charge in [0.15, 0.2) is 0 Å². The molecular formula is C12H23ClN4O. The van der Waals surface area contributed by atoms with Crippen LogP contribution in [0.15, 0.2) is 12.4 Å². The van der Waals surface area contributed by atoms with Crippen LogP contribution in [0.1, 0.15) is 31.7 Å². The maximum absolute atomic E-state index is 11.4. The summed E-state index contributed by atoms with van der Waals surface area (Å²) in [6, 6.07) is 0.0937. The molecule has 0 spiro atoms. The minimum Gasteiger partial charge on any atom is -0.356 e. The van der Waals surface area contributed by atoms with Gasteiger partial charge in [-0.05, 0) is 31.7 Å². The van der Waals surface area contributed by atoms with E-state index in [1.165, 1.54) is 5.56 Å². The second-order valence-corrected chi connectivity index (χ2v) is 4.49. The van der Waals surface area contributed by atoms with Crippen LogP contribution >= 0.6 is 12.4 Å². The molecule has 0 radical (unpaired) electrons. The van der Waals surface area contributed by atoms with Gasteiger partial charge in [0, 0.05) is 32.3 Å². The van der Waals surface area contributed by atoms with E-state index in [9.17, 15) is 4.79 Å². The number of carbonyl (C=O) groups is 1.